The topological polar surface area (TPSA) is 79.2 Å². The number of hydrogen-bond donors (Lipinski definition) is 1. The summed E-state index contributed by atoms with van der Waals surface area (Å²) in [7, 11) is -2.03. The van der Waals surface area contributed by atoms with Crippen LogP contribution in [0, 0.1) is 17.6 Å². The molecule has 2 aromatic rings. The Morgan fingerprint density at radius 2 is 1.79 bits per heavy atom. The van der Waals surface area contributed by atoms with Crippen molar-refractivity contribution < 1.29 is 13.2 Å². The Balaban J connectivity index is 2.13. The fourth-order valence-electron chi connectivity index (χ4n) is 2.10. The van der Waals surface area contributed by atoms with Gasteiger partial charge in [0.15, 0.2) is 0 Å². The lowest BCUT2D eigenvalue weighted by Crippen LogP contribution is -2.27. The first kappa shape index (κ1) is 18.3. The highest BCUT2D eigenvalue weighted by Crippen LogP contribution is 2.29. The maximum Gasteiger partial charge on any atom is 0.240 e. The third kappa shape index (κ3) is 4.74. The van der Waals surface area contributed by atoms with E-state index in [1.54, 1.807) is 43.5 Å². The van der Waals surface area contributed by atoms with Crippen molar-refractivity contribution in [2.45, 2.75) is 17.1 Å². The van der Waals surface area contributed by atoms with E-state index < -0.39 is 10.0 Å². The molecular formula is C17H18N2O3S2. The van der Waals surface area contributed by atoms with Crippen LogP contribution in [0.5, 0.6) is 5.75 Å². The first-order chi connectivity index (χ1) is 11.5. The van der Waals surface area contributed by atoms with E-state index in [0.29, 0.717) is 5.75 Å². The van der Waals surface area contributed by atoms with E-state index in [4.69, 9.17) is 10.00 Å². The van der Waals surface area contributed by atoms with Crippen molar-refractivity contribution in [2.24, 2.45) is 0 Å². The number of ether oxygens (including phenoxy) is 1. The van der Waals surface area contributed by atoms with Crippen LogP contribution >= 0.6 is 11.8 Å². The molecule has 0 heterocycles. The average molecular weight is 362 g/mol. The fraction of sp³-hybridized carbons (Fsp3) is 0.235. The zero-order valence-corrected chi connectivity index (χ0v) is 15.0. The molecule has 1 atom stereocenters. The van der Waals surface area contributed by atoms with E-state index in [0.717, 1.165) is 22.9 Å². The Kier molecular flexibility index (Phi) is 6.26. The monoisotopic (exact) mass is 362 g/mol. The van der Waals surface area contributed by atoms with Gasteiger partial charge in [0.05, 0.1) is 17.3 Å². The standard InChI is InChI=1S/C17H18N2O3S2/c1-13-3-9-16(10-4-13)24(20,21)19-11-17(23-12-18)14-5-7-15(22-2)8-6-14/h3-10,17,19H,11H2,1-2H3. The summed E-state index contributed by atoms with van der Waals surface area (Å²) in [5, 5.41) is 10.7. The highest BCUT2D eigenvalue weighted by molar-refractivity contribution is 8.04. The van der Waals surface area contributed by atoms with Gasteiger partial charge in [0, 0.05) is 6.54 Å². The van der Waals surface area contributed by atoms with Crippen LogP contribution in [-0.4, -0.2) is 22.1 Å². The number of benzene rings is 2. The lowest BCUT2D eigenvalue weighted by molar-refractivity contribution is 0.414. The van der Waals surface area contributed by atoms with E-state index in [-0.39, 0.29) is 16.7 Å². The number of nitrogens with zero attached hydrogens (tertiary/aromatic N) is 1. The molecule has 0 aliphatic carbocycles. The second-order valence-electron chi connectivity index (χ2n) is 5.14. The van der Waals surface area contributed by atoms with Gasteiger partial charge >= 0.3 is 0 Å². The Morgan fingerprint density at radius 1 is 1.17 bits per heavy atom. The van der Waals surface area contributed by atoms with E-state index in [1.807, 2.05) is 24.5 Å². The first-order valence-electron chi connectivity index (χ1n) is 7.21. The van der Waals surface area contributed by atoms with E-state index >= 15 is 0 Å². The molecule has 1 N–H and O–H groups in total. The number of nitriles is 1. The molecule has 0 aliphatic rings. The lowest BCUT2D eigenvalue weighted by Gasteiger charge is -2.15. The molecule has 2 aromatic carbocycles. The van der Waals surface area contributed by atoms with Gasteiger partial charge < -0.3 is 4.74 Å². The SMILES string of the molecule is COc1ccc(C(CNS(=O)(=O)c2ccc(C)cc2)SC#N)cc1. The molecular weight excluding hydrogens is 344 g/mol. The van der Waals surface area contributed by atoms with Crippen LogP contribution in [0.2, 0.25) is 0 Å². The summed E-state index contributed by atoms with van der Waals surface area (Å²) >= 11 is 1.02. The molecule has 1 unspecified atom stereocenters. The minimum absolute atomic E-state index is 0.126. The van der Waals surface area contributed by atoms with Crippen molar-refractivity contribution in [1.82, 2.24) is 4.72 Å². The van der Waals surface area contributed by atoms with Gasteiger partial charge in [-0.3, -0.25) is 0 Å². The summed E-state index contributed by atoms with van der Waals surface area (Å²) in [6.07, 6.45) is 0. The van der Waals surface area contributed by atoms with Gasteiger partial charge in [0.25, 0.3) is 0 Å². The Bertz CT molecular complexity index is 810. The second-order valence-corrected chi connectivity index (χ2v) is 7.89. The number of rotatable bonds is 7. The van der Waals surface area contributed by atoms with Crippen LogP contribution < -0.4 is 9.46 Å². The molecule has 0 fully saturated rings. The number of methoxy groups -OCH3 is 1. The summed E-state index contributed by atoms with van der Waals surface area (Å²) in [6, 6.07) is 13.9. The number of nitrogens with one attached hydrogen (secondary N) is 1. The second kappa shape index (κ2) is 8.20. The largest absolute Gasteiger partial charge is 0.497 e. The third-order valence-corrected chi connectivity index (χ3v) is 5.74. The van der Waals surface area contributed by atoms with Crippen molar-refractivity contribution >= 4 is 21.8 Å². The van der Waals surface area contributed by atoms with Gasteiger partial charge in [0.1, 0.15) is 11.2 Å². The number of sulfonamides is 1. The van der Waals surface area contributed by atoms with Crippen LogP contribution in [0.3, 0.4) is 0 Å². The van der Waals surface area contributed by atoms with E-state index in [1.165, 1.54) is 0 Å². The summed E-state index contributed by atoms with van der Waals surface area (Å²) in [4.78, 5) is 0.212. The number of aryl methyl sites for hydroxylation is 1. The van der Waals surface area contributed by atoms with Crippen LogP contribution in [0.1, 0.15) is 16.4 Å². The zero-order chi connectivity index (χ0) is 17.6. The average Bonchev–Trinajstić information content (AvgIpc) is 2.59. The molecule has 0 aromatic heterocycles. The van der Waals surface area contributed by atoms with Crippen LogP contribution in [-0.2, 0) is 10.0 Å². The molecule has 0 radical (unpaired) electrons. The van der Waals surface area contributed by atoms with Gasteiger partial charge in [-0.25, -0.2) is 13.1 Å². The van der Waals surface area contributed by atoms with Gasteiger partial charge in [-0.05, 0) is 48.5 Å². The number of hydrogen-bond acceptors (Lipinski definition) is 5. The minimum atomic E-state index is -3.61. The maximum absolute atomic E-state index is 12.4. The minimum Gasteiger partial charge on any atom is -0.497 e. The molecule has 0 spiro atoms. The van der Waals surface area contributed by atoms with Crippen LogP contribution in [0.4, 0.5) is 0 Å². The molecule has 0 amide bonds. The normalized spacial score (nSPS) is 12.4. The quantitative estimate of drug-likeness (QED) is 0.765. The summed E-state index contributed by atoms with van der Waals surface area (Å²) in [5.74, 6) is 0.708. The summed E-state index contributed by atoms with van der Waals surface area (Å²) < 4.78 is 32.4. The van der Waals surface area contributed by atoms with Crippen LogP contribution in [0.15, 0.2) is 53.4 Å². The highest BCUT2D eigenvalue weighted by Gasteiger charge is 2.19. The first-order valence-corrected chi connectivity index (χ1v) is 9.57. The van der Waals surface area contributed by atoms with Crippen molar-refractivity contribution in [2.75, 3.05) is 13.7 Å². The zero-order valence-electron chi connectivity index (χ0n) is 13.4. The molecule has 126 valence electrons. The molecule has 0 saturated carbocycles. The number of thioether (sulfide) groups is 1. The van der Waals surface area contributed by atoms with Gasteiger partial charge in [0.2, 0.25) is 10.0 Å². The van der Waals surface area contributed by atoms with Gasteiger partial charge in [-0.2, -0.15) is 5.26 Å². The maximum atomic E-state index is 12.4. The van der Waals surface area contributed by atoms with E-state index in [2.05, 4.69) is 4.72 Å². The predicted molar refractivity (Wildman–Crippen MR) is 95.3 cm³/mol. The summed E-state index contributed by atoms with van der Waals surface area (Å²) in [5.41, 5.74) is 1.85. The predicted octanol–water partition coefficient (Wildman–Crippen LogP) is 3.24. The van der Waals surface area contributed by atoms with E-state index in [9.17, 15) is 8.42 Å². The smallest absolute Gasteiger partial charge is 0.240 e. The molecule has 0 aliphatic heterocycles. The molecule has 0 bridgehead atoms. The molecule has 7 heteroatoms. The van der Waals surface area contributed by atoms with Crippen molar-refractivity contribution in [3.05, 3.63) is 59.7 Å². The fourth-order valence-corrected chi connectivity index (χ4v) is 3.84. The summed E-state index contributed by atoms with van der Waals surface area (Å²) in [6.45, 7) is 2.02. The Labute approximate surface area is 146 Å². The Morgan fingerprint density at radius 3 is 2.33 bits per heavy atom. The molecule has 5 nitrogen and oxygen atoms in total. The highest BCUT2D eigenvalue weighted by atomic mass is 32.2. The lowest BCUT2D eigenvalue weighted by atomic mass is 10.1. The molecule has 0 saturated heterocycles. The van der Waals surface area contributed by atoms with Crippen molar-refractivity contribution in [3.63, 3.8) is 0 Å². The molecule has 24 heavy (non-hydrogen) atoms. The van der Waals surface area contributed by atoms with Crippen LogP contribution in [0.25, 0.3) is 0 Å². The van der Waals surface area contributed by atoms with Crippen molar-refractivity contribution in [1.29, 1.82) is 5.26 Å². The Hall–Kier alpha value is -2.01. The number of thiocyanates is 1. The van der Waals surface area contributed by atoms with Gasteiger partial charge in [-0.15, -0.1) is 0 Å². The van der Waals surface area contributed by atoms with Gasteiger partial charge in [-0.1, -0.05) is 29.8 Å². The molecule has 2 rings (SSSR count). The third-order valence-electron chi connectivity index (χ3n) is 3.47. The van der Waals surface area contributed by atoms with Crippen molar-refractivity contribution in [3.8, 4) is 11.2 Å².